The van der Waals surface area contributed by atoms with E-state index in [9.17, 15) is 9.90 Å². The number of benzene rings is 1. The maximum atomic E-state index is 13.0. The highest BCUT2D eigenvalue weighted by molar-refractivity contribution is 6.04. The van der Waals surface area contributed by atoms with Crippen LogP contribution in [0.3, 0.4) is 0 Å². The number of aromatic nitrogens is 5. The molecule has 39 heavy (non-hydrogen) atoms. The van der Waals surface area contributed by atoms with E-state index in [1.807, 2.05) is 33.8 Å². The van der Waals surface area contributed by atoms with E-state index in [0.717, 1.165) is 37.4 Å². The number of anilines is 4. The molecule has 1 fully saturated rings. The van der Waals surface area contributed by atoms with Crippen LogP contribution >= 0.6 is 0 Å². The lowest BCUT2D eigenvalue weighted by Crippen LogP contribution is -2.47. The molecule has 5 rings (SSSR count). The molecule has 1 aliphatic heterocycles. The molecule has 12 heteroatoms. The monoisotopic (exact) mass is 531 g/mol. The summed E-state index contributed by atoms with van der Waals surface area (Å²) < 4.78 is 5.38. The number of carbonyl (C=O) groups is 1. The fraction of sp³-hybridized carbons (Fsp3) is 0.407. The first-order valence-electron chi connectivity index (χ1n) is 12.9. The second kappa shape index (κ2) is 10.9. The van der Waals surface area contributed by atoms with Crippen LogP contribution < -0.4 is 15.5 Å². The lowest BCUT2D eigenvalue weighted by molar-refractivity contribution is 0.102. The Morgan fingerprint density at radius 2 is 1.90 bits per heavy atom. The number of aliphatic hydroxyl groups excluding tert-OH is 1. The minimum absolute atomic E-state index is 0.152. The van der Waals surface area contributed by atoms with Crippen molar-refractivity contribution in [3.8, 4) is 0 Å². The molecule has 4 aromatic rings. The van der Waals surface area contributed by atoms with Crippen LogP contribution in [0.2, 0.25) is 0 Å². The fourth-order valence-electron chi connectivity index (χ4n) is 4.30. The molecule has 4 heterocycles. The molecule has 0 atom stereocenters. The Hall–Kier alpha value is -4.16. The number of nitrogens with one attached hydrogen (secondary N) is 2. The van der Waals surface area contributed by atoms with E-state index in [2.05, 4.69) is 40.5 Å². The Labute approximate surface area is 226 Å². The van der Waals surface area contributed by atoms with Gasteiger partial charge in [-0.1, -0.05) is 32.0 Å². The van der Waals surface area contributed by atoms with Gasteiger partial charge in [-0.05, 0) is 24.6 Å². The summed E-state index contributed by atoms with van der Waals surface area (Å²) >= 11 is 0. The van der Waals surface area contributed by atoms with Gasteiger partial charge >= 0.3 is 0 Å². The first kappa shape index (κ1) is 26.4. The van der Waals surface area contributed by atoms with Crippen LogP contribution in [0.5, 0.6) is 0 Å². The molecule has 1 aromatic carbocycles. The summed E-state index contributed by atoms with van der Waals surface area (Å²) in [7, 11) is 0. The van der Waals surface area contributed by atoms with Gasteiger partial charge in [0, 0.05) is 55.5 Å². The van der Waals surface area contributed by atoms with Crippen LogP contribution in [-0.2, 0) is 5.41 Å². The molecular formula is C27H33N9O3. The van der Waals surface area contributed by atoms with Gasteiger partial charge in [-0.2, -0.15) is 0 Å². The Morgan fingerprint density at radius 3 is 2.62 bits per heavy atom. The summed E-state index contributed by atoms with van der Waals surface area (Å²) in [4.78, 5) is 35.4. The average Bonchev–Trinajstić information content (AvgIpc) is 3.40. The Balaban J connectivity index is 1.36. The zero-order chi connectivity index (χ0) is 27.6. The number of aliphatic hydroxyl groups is 1. The molecule has 1 saturated heterocycles. The molecule has 0 radical (unpaired) electrons. The largest absolute Gasteiger partial charge is 0.395 e. The van der Waals surface area contributed by atoms with Gasteiger partial charge in [-0.3, -0.25) is 9.69 Å². The molecular weight excluding hydrogens is 498 g/mol. The van der Waals surface area contributed by atoms with Crippen molar-refractivity contribution in [2.45, 2.75) is 33.1 Å². The van der Waals surface area contributed by atoms with E-state index in [-0.39, 0.29) is 17.9 Å². The van der Waals surface area contributed by atoms with E-state index in [0.29, 0.717) is 46.5 Å². The third-order valence-electron chi connectivity index (χ3n) is 6.68. The van der Waals surface area contributed by atoms with Crippen LogP contribution in [0.15, 0.2) is 41.3 Å². The summed E-state index contributed by atoms with van der Waals surface area (Å²) in [5.41, 5.74) is 3.10. The standard InChI is InChI=1S/C27H33N9O3/c1-17-5-6-18(25(38)32-22-14-21(39-34-22)27(2,3)4)13-19(17)31-24-23-20(29-16-30-24)15-28-26(33-23)36-9-7-35(8-10-36)11-12-37/h5-6,13-16,37H,7-12H2,1-4H3,(H,29,30,31)(H,32,34,38). The van der Waals surface area contributed by atoms with Crippen LogP contribution in [-0.4, -0.2) is 80.3 Å². The molecule has 1 amide bonds. The molecule has 3 N–H and O–H groups in total. The number of aryl methyl sites for hydroxylation is 1. The number of amides is 1. The Bertz CT molecular complexity index is 1470. The van der Waals surface area contributed by atoms with Gasteiger partial charge in [0.25, 0.3) is 5.91 Å². The summed E-state index contributed by atoms with van der Waals surface area (Å²) in [5.74, 6) is 1.88. The van der Waals surface area contributed by atoms with Gasteiger partial charge in [0.2, 0.25) is 5.95 Å². The highest BCUT2D eigenvalue weighted by Crippen LogP contribution is 2.27. The molecule has 0 spiro atoms. The number of fused-ring (bicyclic) bond motifs is 1. The fourth-order valence-corrected chi connectivity index (χ4v) is 4.30. The van der Waals surface area contributed by atoms with Crippen molar-refractivity contribution in [2.24, 2.45) is 0 Å². The topological polar surface area (TPSA) is 145 Å². The van der Waals surface area contributed by atoms with Crippen molar-refractivity contribution in [3.05, 3.63) is 53.7 Å². The molecule has 204 valence electrons. The lowest BCUT2D eigenvalue weighted by Gasteiger charge is -2.34. The second-order valence-corrected chi connectivity index (χ2v) is 10.6. The predicted molar refractivity (Wildman–Crippen MR) is 148 cm³/mol. The number of rotatable bonds is 7. The van der Waals surface area contributed by atoms with Crippen molar-refractivity contribution >= 4 is 40.2 Å². The number of nitrogens with zero attached hydrogens (tertiary/aromatic N) is 7. The lowest BCUT2D eigenvalue weighted by atomic mass is 9.93. The predicted octanol–water partition coefficient (Wildman–Crippen LogP) is 3.12. The number of hydrogen-bond acceptors (Lipinski definition) is 11. The van der Waals surface area contributed by atoms with Gasteiger partial charge in [-0.25, -0.2) is 19.9 Å². The zero-order valence-corrected chi connectivity index (χ0v) is 22.6. The Kier molecular flexibility index (Phi) is 7.40. The maximum absolute atomic E-state index is 13.0. The van der Waals surface area contributed by atoms with Crippen LogP contribution in [0.25, 0.3) is 11.0 Å². The molecule has 3 aromatic heterocycles. The molecule has 0 unspecified atom stereocenters. The van der Waals surface area contributed by atoms with Gasteiger partial charge in [0.1, 0.15) is 23.1 Å². The summed E-state index contributed by atoms with van der Waals surface area (Å²) in [5, 5.41) is 19.3. The quantitative estimate of drug-likeness (QED) is 0.323. The number of carbonyl (C=O) groups excluding carboxylic acids is 1. The summed E-state index contributed by atoms with van der Waals surface area (Å²) in [6.45, 7) is 12.0. The van der Waals surface area contributed by atoms with Gasteiger partial charge < -0.3 is 25.2 Å². The third-order valence-corrected chi connectivity index (χ3v) is 6.68. The minimum Gasteiger partial charge on any atom is -0.395 e. The van der Waals surface area contributed by atoms with Crippen LogP contribution in [0.1, 0.15) is 42.5 Å². The molecule has 12 nitrogen and oxygen atoms in total. The van der Waals surface area contributed by atoms with E-state index in [1.54, 1.807) is 24.4 Å². The maximum Gasteiger partial charge on any atom is 0.256 e. The molecule has 0 saturated carbocycles. The number of piperazine rings is 1. The van der Waals surface area contributed by atoms with Crippen molar-refractivity contribution in [1.82, 2.24) is 30.0 Å². The normalized spacial score (nSPS) is 14.5. The number of hydrogen-bond donors (Lipinski definition) is 3. The van der Waals surface area contributed by atoms with E-state index < -0.39 is 0 Å². The Morgan fingerprint density at radius 1 is 1.10 bits per heavy atom. The van der Waals surface area contributed by atoms with Crippen LogP contribution in [0.4, 0.5) is 23.3 Å². The summed E-state index contributed by atoms with van der Waals surface area (Å²) in [6, 6.07) is 7.14. The van der Waals surface area contributed by atoms with Crippen molar-refractivity contribution < 1.29 is 14.4 Å². The van der Waals surface area contributed by atoms with E-state index >= 15 is 0 Å². The average molecular weight is 532 g/mol. The first-order valence-corrected chi connectivity index (χ1v) is 12.9. The molecule has 1 aliphatic rings. The highest BCUT2D eigenvalue weighted by atomic mass is 16.5. The minimum atomic E-state index is -0.302. The smallest absolute Gasteiger partial charge is 0.256 e. The van der Waals surface area contributed by atoms with Crippen molar-refractivity contribution in [1.29, 1.82) is 0 Å². The highest BCUT2D eigenvalue weighted by Gasteiger charge is 2.22. The van der Waals surface area contributed by atoms with Crippen LogP contribution in [0, 0.1) is 6.92 Å². The van der Waals surface area contributed by atoms with Gasteiger partial charge in [0.15, 0.2) is 11.6 Å². The first-order chi connectivity index (χ1) is 18.7. The van der Waals surface area contributed by atoms with E-state index in [1.165, 1.54) is 6.33 Å². The number of β-amino-alcohol motifs (C(OH)–C–C–N with tert-alkyl or cyclic N) is 1. The third kappa shape index (κ3) is 5.96. The van der Waals surface area contributed by atoms with Gasteiger partial charge in [-0.15, -0.1) is 0 Å². The van der Waals surface area contributed by atoms with E-state index in [4.69, 9.17) is 9.51 Å². The summed E-state index contributed by atoms with van der Waals surface area (Å²) in [6.07, 6.45) is 3.16. The molecule has 0 bridgehead atoms. The SMILES string of the molecule is Cc1ccc(C(=O)Nc2cc(C(C)(C)C)on2)cc1Nc1ncnc2cnc(N3CCN(CCO)CC3)nc12. The molecule has 0 aliphatic carbocycles. The zero-order valence-electron chi connectivity index (χ0n) is 22.6. The second-order valence-electron chi connectivity index (χ2n) is 10.6. The van der Waals surface area contributed by atoms with Gasteiger partial charge in [0.05, 0.1) is 12.8 Å². The van der Waals surface area contributed by atoms with Crippen molar-refractivity contribution in [3.63, 3.8) is 0 Å². The van der Waals surface area contributed by atoms with Crippen molar-refractivity contribution in [2.75, 3.05) is 54.9 Å².